The van der Waals surface area contributed by atoms with Crippen molar-refractivity contribution in [1.82, 2.24) is 0 Å². The van der Waals surface area contributed by atoms with E-state index in [1.54, 1.807) is 6.07 Å². The molecule has 0 unspecified atom stereocenters. The predicted octanol–water partition coefficient (Wildman–Crippen LogP) is 6.26. The topological polar surface area (TPSA) is 18.5 Å². The Bertz CT molecular complexity index is 819. The third-order valence-corrected chi connectivity index (χ3v) is 4.79. The van der Waals surface area contributed by atoms with Crippen molar-refractivity contribution in [2.75, 3.05) is 13.2 Å². The molecule has 1 heterocycles. The van der Waals surface area contributed by atoms with Gasteiger partial charge in [0, 0.05) is 17.0 Å². The lowest BCUT2D eigenvalue weighted by molar-refractivity contribution is -0.205. The Balaban J connectivity index is 1.72. The zero-order valence-corrected chi connectivity index (χ0v) is 15.6. The number of hydrogen-bond acceptors (Lipinski definition) is 2. The zero-order chi connectivity index (χ0) is 20.1. The lowest BCUT2D eigenvalue weighted by atomic mass is 10.0. The average molecular weight is 394 g/mol. The first-order valence-electron chi connectivity index (χ1n) is 9.21. The molecule has 2 aromatic carbocycles. The van der Waals surface area contributed by atoms with Crippen molar-refractivity contribution in [2.45, 2.75) is 32.7 Å². The number of alkyl halides is 1. The Morgan fingerprint density at radius 2 is 1.68 bits per heavy atom. The quantitative estimate of drug-likeness (QED) is 0.425. The van der Waals surface area contributed by atoms with Crippen LogP contribution in [-0.2, 0) is 16.1 Å². The van der Waals surface area contributed by atoms with Gasteiger partial charge in [-0.25, -0.2) is 17.6 Å². The molecule has 0 radical (unpaired) electrons. The summed E-state index contributed by atoms with van der Waals surface area (Å²) in [5.41, 5.74) is -0.138. The Morgan fingerprint density at radius 1 is 1.00 bits per heavy atom. The second kappa shape index (κ2) is 9.34. The summed E-state index contributed by atoms with van der Waals surface area (Å²) in [6.45, 7) is 1.76. The highest BCUT2D eigenvalue weighted by atomic mass is 19.1. The van der Waals surface area contributed by atoms with Crippen LogP contribution < -0.4 is 0 Å². The van der Waals surface area contributed by atoms with Crippen molar-refractivity contribution >= 4 is 0 Å². The first-order chi connectivity index (χ1) is 13.5. The van der Waals surface area contributed by atoms with Gasteiger partial charge >= 0.3 is 0 Å². The summed E-state index contributed by atoms with van der Waals surface area (Å²) in [5.74, 6) is -2.45. The van der Waals surface area contributed by atoms with E-state index in [1.165, 1.54) is 12.1 Å². The van der Waals surface area contributed by atoms with Crippen molar-refractivity contribution in [3.63, 3.8) is 0 Å². The van der Waals surface area contributed by atoms with Crippen LogP contribution in [-0.4, -0.2) is 13.2 Å². The molecule has 2 aromatic rings. The van der Waals surface area contributed by atoms with E-state index in [9.17, 15) is 17.6 Å². The van der Waals surface area contributed by atoms with Crippen LogP contribution >= 0.6 is 0 Å². The maximum Gasteiger partial charge on any atom is 0.183 e. The molecule has 0 saturated carbocycles. The summed E-state index contributed by atoms with van der Waals surface area (Å²) >= 11 is 0. The van der Waals surface area contributed by atoms with E-state index in [0.29, 0.717) is 18.8 Å². The smallest absolute Gasteiger partial charge is 0.183 e. The van der Waals surface area contributed by atoms with Crippen molar-refractivity contribution < 1.29 is 27.0 Å². The monoisotopic (exact) mass is 394 g/mol. The van der Waals surface area contributed by atoms with Crippen molar-refractivity contribution in [2.24, 2.45) is 5.92 Å². The molecule has 1 fully saturated rings. The fourth-order valence-electron chi connectivity index (χ4n) is 3.20. The van der Waals surface area contributed by atoms with Gasteiger partial charge in [0.2, 0.25) is 0 Å². The summed E-state index contributed by atoms with van der Waals surface area (Å²) in [7, 11) is 0. The van der Waals surface area contributed by atoms with Crippen LogP contribution in [0.25, 0.3) is 11.1 Å². The molecule has 6 heteroatoms. The molecule has 0 bridgehead atoms. The van der Waals surface area contributed by atoms with Gasteiger partial charge in [0.1, 0.15) is 24.1 Å². The minimum atomic E-state index is -1.26. The largest absolute Gasteiger partial charge is 0.348 e. The average Bonchev–Trinajstić information content (AvgIpc) is 2.68. The molecular weight excluding hydrogens is 372 g/mol. The van der Waals surface area contributed by atoms with Crippen LogP contribution in [0.15, 0.2) is 42.5 Å². The van der Waals surface area contributed by atoms with E-state index in [4.69, 9.17) is 9.47 Å². The molecule has 0 aliphatic carbocycles. The Kier molecular flexibility index (Phi) is 6.86. The Hall–Kier alpha value is -2.18. The van der Waals surface area contributed by atoms with Gasteiger partial charge in [0.05, 0.1) is 18.8 Å². The molecule has 1 aliphatic heterocycles. The molecule has 3 rings (SSSR count). The SMILES string of the molecule is C/C=C/CCC1COC(c2ccc(-c3cc(F)c(CF)c(F)c3)c(F)c2)OC1. The van der Waals surface area contributed by atoms with Crippen molar-refractivity contribution in [3.8, 4) is 11.1 Å². The van der Waals surface area contributed by atoms with Gasteiger partial charge in [-0.3, -0.25) is 0 Å². The molecule has 0 atom stereocenters. The van der Waals surface area contributed by atoms with Gasteiger partial charge in [-0.2, -0.15) is 0 Å². The minimum absolute atomic E-state index is 0.00535. The van der Waals surface area contributed by atoms with Gasteiger partial charge < -0.3 is 9.47 Å². The maximum absolute atomic E-state index is 14.6. The fraction of sp³-hybridized carbons (Fsp3) is 0.364. The molecule has 150 valence electrons. The normalized spacial score (nSPS) is 20.0. The number of halogens is 4. The molecule has 0 N–H and O–H groups in total. The maximum atomic E-state index is 14.6. The highest BCUT2D eigenvalue weighted by Crippen LogP contribution is 2.32. The van der Waals surface area contributed by atoms with E-state index in [2.05, 4.69) is 6.08 Å². The highest BCUT2D eigenvalue weighted by molar-refractivity contribution is 5.65. The highest BCUT2D eigenvalue weighted by Gasteiger charge is 2.24. The van der Waals surface area contributed by atoms with Gasteiger partial charge in [-0.15, -0.1) is 0 Å². The molecule has 1 aliphatic rings. The molecule has 28 heavy (non-hydrogen) atoms. The van der Waals surface area contributed by atoms with Gasteiger partial charge in [-0.1, -0.05) is 24.3 Å². The van der Waals surface area contributed by atoms with E-state index < -0.39 is 36.0 Å². The summed E-state index contributed by atoms with van der Waals surface area (Å²) in [5, 5.41) is 0. The third kappa shape index (κ3) is 4.62. The lowest BCUT2D eigenvalue weighted by Gasteiger charge is -2.29. The van der Waals surface area contributed by atoms with E-state index in [1.807, 2.05) is 13.0 Å². The third-order valence-electron chi connectivity index (χ3n) is 4.79. The van der Waals surface area contributed by atoms with E-state index in [-0.39, 0.29) is 17.0 Å². The molecule has 0 aromatic heterocycles. The van der Waals surface area contributed by atoms with Gasteiger partial charge in [0.15, 0.2) is 6.29 Å². The molecule has 2 nitrogen and oxygen atoms in total. The van der Waals surface area contributed by atoms with Crippen LogP contribution in [0.2, 0.25) is 0 Å². The first kappa shape index (κ1) is 20.6. The number of rotatable bonds is 6. The number of hydrogen-bond donors (Lipinski definition) is 0. The van der Waals surface area contributed by atoms with E-state index >= 15 is 0 Å². The van der Waals surface area contributed by atoms with Crippen LogP contribution in [0.1, 0.15) is 37.2 Å². The first-order valence-corrected chi connectivity index (χ1v) is 9.21. The zero-order valence-electron chi connectivity index (χ0n) is 15.6. The number of allylic oxidation sites excluding steroid dienone is 2. The molecule has 0 amide bonds. The summed E-state index contributed by atoms with van der Waals surface area (Å²) in [4.78, 5) is 0. The van der Waals surface area contributed by atoms with Gasteiger partial charge in [0.25, 0.3) is 0 Å². The van der Waals surface area contributed by atoms with Crippen LogP contribution in [0, 0.1) is 23.4 Å². The summed E-state index contributed by atoms with van der Waals surface area (Å²) in [6.07, 6.45) is 5.32. The second-order valence-corrected chi connectivity index (χ2v) is 6.80. The van der Waals surface area contributed by atoms with Gasteiger partial charge in [-0.05, 0) is 43.5 Å². The standard InChI is InChI=1S/C22H22F4O2/c1-2-3-4-5-14-12-27-22(28-13-14)15-6-7-17(19(24)8-15)16-9-20(25)18(11-23)21(26)10-16/h2-3,6-10,14,22H,4-5,11-13H2,1H3/b3-2+. The minimum Gasteiger partial charge on any atom is -0.348 e. The second-order valence-electron chi connectivity index (χ2n) is 6.80. The van der Waals surface area contributed by atoms with Crippen molar-refractivity contribution in [3.05, 3.63) is 71.1 Å². The molecule has 1 saturated heterocycles. The summed E-state index contributed by atoms with van der Waals surface area (Å²) < 4.78 is 66.2. The summed E-state index contributed by atoms with van der Waals surface area (Å²) in [6, 6.07) is 6.11. The Morgan fingerprint density at radius 3 is 2.25 bits per heavy atom. The lowest BCUT2D eigenvalue weighted by Crippen LogP contribution is -2.27. The Labute approximate surface area is 161 Å². The number of benzene rings is 2. The van der Waals surface area contributed by atoms with Crippen LogP contribution in [0.3, 0.4) is 0 Å². The number of ether oxygens (including phenoxy) is 2. The molecular formula is C22H22F4O2. The predicted molar refractivity (Wildman–Crippen MR) is 98.7 cm³/mol. The van der Waals surface area contributed by atoms with E-state index in [0.717, 1.165) is 25.0 Å². The van der Waals surface area contributed by atoms with Crippen molar-refractivity contribution in [1.29, 1.82) is 0 Å². The van der Waals surface area contributed by atoms with Crippen LogP contribution in [0.4, 0.5) is 17.6 Å². The fourth-order valence-corrected chi connectivity index (χ4v) is 3.20. The molecule has 0 spiro atoms. The van der Waals surface area contributed by atoms with Crippen LogP contribution in [0.5, 0.6) is 0 Å².